The SMILES string of the molecule is O=C(c1cn2ncsc2n1)N1CCN(c2ccccn2)CC1. The zero-order valence-electron chi connectivity index (χ0n) is 11.8. The standard InChI is InChI=1S/C14H14N6OS/c21-13(11-9-20-14(17-11)22-10-16-20)19-7-5-18(6-8-19)12-3-1-2-4-15-12/h1-4,9-10H,5-8H2. The summed E-state index contributed by atoms with van der Waals surface area (Å²) >= 11 is 1.42. The van der Waals surface area contributed by atoms with Gasteiger partial charge < -0.3 is 9.80 Å². The summed E-state index contributed by atoms with van der Waals surface area (Å²) in [5, 5.41) is 4.10. The van der Waals surface area contributed by atoms with E-state index in [0.717, 1.165) is 23.9 Å². The van der Waals surface area contributed by atoms with Crippen molar-refractivity contribution >= 4 is 28.0 Å². The van der Waals surface area contributed by atoms with Gasteiger partial charge >= 0.3 is 0 Å². The zero-order chi connectivity index (χ0) is 14.9. The van der Waals surface area contributed by atoms with Crippen LogP contribution in [0.4, 0.5) is 5.82 Å². The minimum Gasteiger partial charge on any atom is -0.353 e. The fraction of sp³-hybridized carbons (Fsp3) is 0.286. The van der Waals surface area contributed by atoms with Crippen molar-refractivity contribution in [3.63, 3.8) is 0 Å². The van der Waals surface area contributed by atoms with Crippen LogP contribution in [0.1, 0.15) is 10.5 Å². The number of fused-ring (bicyclic) bond motifs is 1. The Morgan fingerprint density at radius 2 is 2.05 bits per heavy atom. The fourth-order valence-corrected chi connectivity index (χ4v) is 3.19. The number of amides is 1. The van der Waals surface area contributed by atoms with Gasteiger partial charge in [-0.1, -0.05) is 17.4 Å². The molecular weight excluding hydrogens is 300 g/mol. The number of aromatic nitrogens is 4. The molecule has 7 nitrogen and oxygen atoms in total. The molecule has 0 spiro atoms. The summed E-state index contributed by atoms with van der Waals surface area (Å²) in [4.78, 5) is 26.0. The fourth-order valence-electron chi connectivity index (χ4n) is 2.58. The van der Waals surface area contributed by atoms with Gasteiger partial charge in [-0.3, -0.25) is 4.79 Å². The van der Waals surface area contributed by atoms with Crippen LogP contribution in [0.3, 0.4) is 0 Å². The van der Waals surface area contributed by atoms with Gasteiger partial charge in [-0.25, -0.2) is 14.5 Å². The normalized spacial score (nSPS) is 15.5. The van der Waals surface area contributed by atoms with Gasteiger partial charge in [-0.15, -0.1) is 0 Å². The number of imidazole rings is 1. The molecule has 4 heterocycles. The number of pyridine rings is 1. The second-order valence-corrected chi connectivity index (χ2v) is 5.87. The first-order valence-electron chi connectivity index (χ1n) is 7.05. The number of piperazine rings is 1. The van der Waals surface area contributed by atoms with Crippen molar-refractivity contribution in [2.24, 2.45) is 0 Å². The second-order valence-electron chi connectivity index (χ2n) is 5.06. The van der Waals surface area contributed by atoms with Crippen molar-refractivity contribution in [2.45, 2.75) is 0 Å². The molecule has 0 aromatic carbocycles. The smallest absolute Gasteiger partial charge is 0.274 e. The molecule has 8 heteroatoms. The highest BCUT2D eigenvalue weighted by molar-refractivity contribution is 7.14. The molecule has 3 aromatic rings. The van der Waals surface area contributed by atoms with Crippen LogP contribution < -0.4 is 4.90 Å². The minimum atomic E-state index is -0.0293. The summed E-state index contributed by atoms with van der Waals surface area (Å²) in [5.74, 6) is 0.930. The van der Waals surface area contributed by atoms with Crippen molar-refractivity contribution in [3.8, 4) is 0 Å². The average Bonchev–Trinajstić information content (AvgIpc) is 3.17. The van der Waals surface area contributed by atoms with Crippen LogP contribution in [0, 0.1) is 0 Å². The third-order valence-corrected chi connectivity index (χ3v) is 4.43. The molecule has 0 atom stereocenters. The van der Waals surface area contributed by atoms with Crippen LogP contribution in [0.5, 0.6) is 0 Å². The molecular formula is C14H14N6OS. The van der Waals surface area contributed by atoms with Gasteiger partial charge in [0.15, 0.2) is 0 Å². The maximum absolute atomic E-state index is 12.5. The van der Waals surface area contributed by atoms with Gasteiger partial charge in [-0.2, -0.15) is 5.10 Å². The zero-order valence-corrected chi connectivity index (χ0v) is 12.6. The predicted octanol–water partition coefficient (Wildman–Crippen LogP) is 1.15. The minimum absolute atomic E-state index is 0.0293. The maximum atomic E-state index is 12.5. The number of carbonyl (C=O) groups excluding carboxylic acids is 1. The van der Waals surface area contributed by atoms with Crippen LogP contribution in [0.2, 0.25) is 0 Å². The first-order chi connectivity index (χ1) is 10.8. The molecule has 112 valence electrons. The molecule has 0 unspecified atom stereocenters. The van der Waals surface area contributed by atoms with Gasteiger partial charge in [0.05, 0.1) is 6.20 Å². The predicted molar refractivity (Wildman–Crippen MR) is 83.2 cm³/mol. The number of rotatable bonds is 2. The summed E-state index contributed by atoms with van der Waals surface area (Å²) in [6, 6.07) is 5.87. The highest BCUT2D eigenvalue weighted by atomic mass is 32.1. The van der Waals surface area contributed by atoms with Crippen LogP contribution >= 0.6 is 11.3 Å². The maximum Gasteiger partial charge on any atom is 0.274 e. The van der Waals surface area contributed by atoms with E-state index in [0.29, 0.717) is 18.8 Å². The Hall–Kier alpha value is -2.48. The summed E-state index contributed by atoms with van der Waals surface area (Å²) < 4.78 is 1.64. The third-order valence-electron chi connectivity index (χ3n) is 3.75. The molecule has 0 radical (unpaired) electrons. The van der Waals surface area contributed by atoms with E-state index in [1.807, 2.05) is 23.1 Å². The number of carbonyl (C=O) groups is 1. The number of hydrogen-bond acceptors (Lipinski definition) is 6. The lowest BCUT2D eigenvalue weighted by Crippen LogP contribution is -2.49. The number of nitrogens with zero attached hydrogens (tertiary/aromatic N) is 6. The number of hydrogen-bond donors (Lipinski definition) is 0. The van der Waals surface area contributed by atoms with Crippen molar-refractivity contribution in [2.75, 3.05) is 31.1 Å². The number of anilines is 1. The van der Waals surface area contributed by atoms with E-state index in [1.54, 1.807) is 22.4 Å². The summed E-state index contributed by atoms with van der Waals surface area (Å²) in [6.45, 7) is 2.91. The van der Waals surface area contributed by atoms with Crippen LogP contribution in [-0.4, -0.2) is 56.6 Å². The lowest BCUT2D eigenvalue weighted by Gasteiger charge is -2.35. The molecule has 3 aromatic heterocycles. The second kappa shape index (κ2) is 5.38. The van der Waals surface area contributed by atoms with Gasteiger partial charge in [0, 0.05) is 32.4 Å². The first kappa shape index (κ1) is 13.2. The van der Waals surface area contributed by atoms with Crippen molar-refractivity contribution in [1.29, 1.82) is 0 Å². The van der Waals surface area contributed by atoms with Crippen LogP contribution in [0.15, 0.2) is 36.1 Å². The lowest BCUT2D eigenvalue weighted by molar-refractivity contribution is 0.0741. The molecule has 0 saturated carbocycles. The Morgan fingerprint density at radius 3 is 2.77 bits per heavy atom. The lowest BCUT2D eigenvalue weighted by atomic mass is 10.2. The topological polar surface area (TPSA) is 66.6 Å². The van der Waals surface area contributed by atoms with E-state index in [-0.39, 0.29) is 5.91 Å². The third kappa shape index (κ3) is 2.31. The monoisotopic (exact) mass is 314 g/mol. The molecule has 1 fully saturated rings. The molecule has 4 rings (SSSR count). The van der Waals surface area contributed by atoms with Crippen LogP contribution in [0.25, 0.3) is 4.96 Å². The van der Waals surface area contributed by atoms with Gasteiger partial charge in [0.1, 0.15) is 17.0 Å². The Balaban J connectivity index is 1.45. The highest BCUT2D eigenvalue weighted by Crippen LogP contribution is 2.15. The molecule has 1 aliphatic rings. The van der Waals surface area contributed by atoms with E-state index < -0.39 is 0 Å². The molecule has 22 heavy (non-hydrogen) atoms. The van der Waals surface area contributed by atoms with Crippen LogP contribution in [-0.2, 0) is 0 Å². The Bertz CT molecular complexity index is 761. The van der Waals surface area contributed by atoms with E-state index in [2.05, 4.69) is 20.0 Å². The summed E-state index contributed by atoms with van der Waals surface area (Å²) in [5.41, 5.74) is 2.17. The average molecular weight is 314 g/mol. The van der Waals surface area contributed by atoms with Crippen molar-refractivity contribution in [3.05, 3.63) is 41.8 Å². The van der Waals surface area contributed by atoms with Gasteiger partial charge in [-0.05, 0) is 12.1 Å². The van der Waals surface area contributed by atoms with Gasteiger partial charge in [0.2, 0.25) is 4.96 Å². The van der Waals surface area contributed by atoms with E-state index in [1.165, 1.54) is 11.3 Å². The Labute approximate surface area is 130 Å². The molecule has 0 aliphatic carbocycles. The molecule has 1 aliphatic heterocycles. The van der Waals surface area contributed by atoms with Crippen molar-refractivity contribution in [1.82, 2.24) is 24.5 Å². The Kier molecular flexibility index (Phi) is 3.23. The summed E-state index contributed by atoms with van der Waals surface area (Å²) in [7, 11) is 0. The Morgan fingerprint density at radius 1 is 1.18 bits per heavy atom. The van der Waals surface area contributed by atoms with E-state index >= 15 is 0 Å². The van der Waals surface area contributed by atoms with Gasteiger partial charge in [0.25, 0.3) is 5.91 Å². The van der Waals surface area contributed by atoms with Crippen molar-refractivity contribution < 1.29 is 4.79 Å². The molecule has 1 saturated heterocycles. The largest absolute Gasteiger partial charge is 0.353 e. The summed E-state index contributed by atoms with van der Waals surface area (Å²) in [6.07, 6.45) is 3.48. The molecule has 0 N–H and O–H groups in total. The quantitative estimate of drug-likeness (QED) is 0.710. The van der Waals surface area contributed by atoms with E-state index in [4.69, 9.17) is 0 Å². The molecule has 1 amide bonds. The molecule has 0 bridgehead atoms. The highest BCUT2D eigenvalue weighted by Gasteiger charge is 2.24. The first-order valence-corrected chi connectivity index (χ1v) is 7.93. The van der Waals surface area contributed by atoms with E-state index in [9.17, 15) is 4.79 Å².